The number of methoxy groups -OCH3 is 2. The van der Waals surface area contributed by atoms with Crippen molar-refractivity contribution in [2.45, 2.75) is 24.4 Å². The molecule has 0 saturated carbocycles. The van der Waals surface area contributed by atoms with Crippen LogP contribution in [0.5, 0.6) is 11.5 Å². The van der Waals surface area contributed by atoms with Crippen LogP contribution in [-0.4, -0.2) is 113 Å². The highest BCUT2D eigenvalue weighted by Gasteiger charge is 2.59. The zero-order valence-electron chi connectivity index (χ0n) is 27.6. The van der Waals surface area contributed by atoms with Crippen molar-refractivity contribution in [2.75, 3.05) is 66.4 Å². The fourth-order valence-electron chi connectivity index (χ4n) is 6.04. The molecule has 2 fully saturated rings. The van der Waals surface area contributed by atoms with Gasteiger partial charge in [0.2, 0.25) is 5.91 Å². The zero-order chi connectivity index (χ0) is 33.8. The fourth-order valence-corrected chi connectivity index (χ4v) is 6.04. The summed E-state index contributed by atoms with van der Waals surface area (Å²) in [6.45, 7) is 9.72. The maximum Gasteiger partial charge on any atom is 0.343 e. The van der Waals surface area contributed by atoms with Crippen molar-refractivity contribution in [3.63, 3.8) is 0 Å². The molecule has 2 aromatic carbocycles. The van der Waals surface area contributed by atoms with Gasteiger partial charge in [0.1, 0.15) is 24.6 Å². The van der Waals surface area contributed by atoms with E-state index in [9.17, 15) is 9.59 Å². The van der Waals surface area contributed by atoms with Crippen molar-refractivity contribution in [2.24, 2.45) is 0 Å². The molecule has 2 aromatic heterocycles. The van der Waals surface area contributed by atoms with Crippen molar-refractivity contribution in [3.8, 4) is 22.8 Å². The Morgan fingerprint density at radius 3 is 2.42 bits per heavy atom. The van der Waals surface area contributed by atoms with Gasteiger partial charge in [0.15, 0.2) is 0 Å². The smallest absolute Gasteiger partial charge is 0.343 e. The van der Waals surface area contributed by atoms with Crippen LogP contribution in [0.3, 0.4) is 0 Å². The molecule has 2 aliphatic heterocycles. The van der Waals surface area contributed by atoms with E-state index in [1.807, 2.05) is 66.3 Å². The maximum atomic E-state index is 13.4. The molecule has 4 heterocycles. The molecular formula is C35H39N9O4. The summed E-state index contributed by atoms with van der Waals surface area (Å²) in [7, 11) is 7.08. The molecule has 0 aliphatic carbocycles. The normalized spacial score (nSPS) is 16.2. The van der Waals surface area contributed by atoms with E-state index in [-0.39, 0.29) is 30.9 Å². The van der Waals surface area contributed by atoms with E-state index in [2.05, 4.69) is 20.2 Å². The van der Waals surface area contributed by atoms with Crippen LogP contribution in [0.25, 0.3) is 27.1 Å². The van der Waals surface area contributed by atoms with Crippen LogP contribution in [0, 0.1) is 6.57 Å². The Morgan fingerprint density at radius 2 is 1.75 bits per heavy atom. The number of hydrogen-bond acceptors (Lipinski definition) is 9. The summed E-state index contributed by atoms with van der Waals surface area (Å²) in [5.74, 6) is 1.01. The molecule has 2 saturated heterocycles. The molecule has 48 heavy (non-hydrogen) atoms. The number of piperidine rings is 1. The summed E-state index contributed by atoms with van der Waals surface area (Å²) in [5.41, 5.74) is 3.55. The standard InChI is InChI=1S/C35H39N9O4/c1-36-35(22-43(23-35)33(45)7-6-12-41(2)3)34(46)42-13-10-27(11-14-42)44-21-24(19-38-44)32-20-37-30-9-8-25(17-31(30)40-32)39-26-15-28(47-4)18-29(16-26)48-5/h6-9,15-21,27,39H,10-14,22-23H2,2-5H3/b7-6+. The van der Waals surface area contributed by atoms with E-state index in [1.54, 1.807) is 42.5 Å². The molecule has 2 aliphatic rings. The lowest BCUT2D eigenvalue weighted by molar-refractivity contribution is -0.147. The number of likely N-dealkylation sites (tertiary alicyclic amines) is 2. The van der Waals surface area contributed by atoms with Crippen LogP contribution in [-0.2, 0) is 9.59 Å². The Balaban J connectivity index is 1.08. The Labute approximate surface area is 279 Å². The van der Waals surface area contributed by atoms with Gasteiger partial charge in [-0.3, -0.25) is 24.1 Å². The minimum Gasteiger partial charge on any atom is -0.497 e. The van der Waals surface area contributed by atoms with Crippen molar-refractivity contribution >= 4 is 34.2 Å². The summed E-state index contributed by atoms with van der Waals surface area (Å²) in [5, 5.41) is 8.03. The molecule has 4 aromatic rings. The molecule has 2 amide bonds. The van der Waals surface area contributed by atoms with E-state index < -0.39 is 5.54 Å². The van der Waals surface area contributed by atoms with E-state index in [0.717, 1.165) is 28.0 Å². The minimum absolute atomic E-state index is 0.108. The lowest BCUT2D eigenvalue weighted by atomic mass is 9.87. The third kappa shape index (κ3) is 6.79. The average molecular weight is 650 g/mol. The van der Waals surface area contributed by atoms with Crippen molar-refractivity contribution in [1.29, 1.82) is 0 Å². The highest BCUT2D eigenvalue weighted by molar-refractivity contribution is 5.95. The number of carbonyl (C=O) groups excluding carboxylic acids is 2. The number of ether oxygens (including phenoxy) is 2. The van der Waals surface area contributed by atoms with Crippen LogP contribution in [0.15, 0.2) is 67.1 Å². The molecule has 13 heteroatoms. The number of nitrogens with one attached hydrogen (secondary N) is 1. The quantitative estimate of drug-likeness (QED) is 0.200. The third-order valence-corrected chi connectivity index (χ3v) is 8.77. The van der Waals surface area contributed by atoms with Crippen molar-refractivity contribution in [3.05, 3.63) is 78.6 Å². The van der Waals surface area contributed by atoms with Gasteiger partial charge in [0.05, 0.1) is 49.4 Å². The molecule has 0 bridgehead atoms. The van der Waals surface area contributed by atoms with E-state index >= 15 is 0 Å². The highest BCUT2D eigenvalue weighted by Crippen LogP contribution is 2.33. The summed E-state index contributed by atoms with van der Waals surface area (Å²) < 4.78 is 12.7. The molecule has 248 valence electrons. The lowest BCUT2D eigenvalue weighted by Crippen LogP contribution is -2.68. The Bertz CT molecular complexity index is 1860. The molecule has 1 N–H and O–H groups in total. The number of benzene rings is 2. The largest absolute Gasteiger partial charge is 0.497 e. The topological polar surface area (TPSA) is 122 Å². The molecular weight excluding hydrogens is 610 g/mol. The van der Waals surface area contributed by atoms with Gasteiger partial charge >= 0.3 is 11.4 Å². The lowest BCUT2D eigenvalue weighted by Gasteiger charge is -2.43. The van der Waals surface area contributed by atoms with Gasteiger partial charge < -0.3 is 29.5 Å². The monoisotopic (exact) mass is 649 g/mol. The van der Waals surface area contributed by atoms with E-state index in [4.69, 9.17) is 21.0 Å². The molecule has 0 radical (unpaired) electrons. The first-order chi connectivity index (χ1) is 23.2. The first-order valence-electron chi connectivity index (χ1n) is 15.8. The van der Waals surface area contributed by atoms with Crippen molar-refractivity contribution in [1.82, 2.24) is 34.4 Å². The Morgan fingerprint density at radius 1 is 1.02 bits per heavy atom. The average Bonchev–Trinajstić information content (AvgIpc) is 3.58. The van der Waals surface area contributed by atoms with Gasteiger partial charge in [0, 0.05) is 67.0 Å². The summed E-state index contributed by atoms with van der Waals surface area (Å²) in [6.07, 6.45) is 10.2. The summed E-state index contributed by atoms with van der Waals surface area (Å²) in [6, 6.07) is 11.5. The minimum atomic E-state index is -1.19. The van der Waals surface area contributed by atoms with Gasteiger partial charge in [-0.2, -0.15) is 5.10 Å². The van der Waals surface area contributed by atoms with Gasteiger partial charge in [-0.05, 0) is 45.1 Å². The van der Waals surface area contributed by atoms with Crippen LogP contribution < -0.4 is 14.8 Å². The second-order valence-electron chi connectivity index (χ2n) is 12.4. The number of amides is 2. The number of rotatable bonds is 10. The highest BCUT2D eigenvalue weighted by atomic mass is 16.5. The number of fused-ring (bicyclic) bond motifs is 1. The first-order valence-corrected chi connectivity index (χ1v) is 15.8. The number of nitrogens with zero attached hydrogens (tertiary/aromatic N) is 8. The number of hydrogen-bond donors (Lipinski definition) is 1. The van der Waals surface area contributed by atoms with Gasteiger partial charge in [0.25, 0.3) is 0 Å². The van der Waals surface area contributed by atoms with E-state index in [1.165, 1.54) is 6.08 Å². The Kier molecular flexibility index (Phi) is 9.27. The van der Waals surface area contributed by atoms with Gasteiger partial charge in [-0.15, -0.1) is 0 Å². The maximum absolute atomic E-state index is 13.4. The zero-order valence-corrected chi connectivity index (χ0v) is 27.6. The van der Waals surface area contributed by atoms with Crippen molar-refractivity contribution < 1.29 is 19.1 Å². The molecule has 6 rings (SSSR count). The fraction of sp³-hybridized carbons (Fsp3) is 0.371. The molecule has 13 nitrogen and oxygen atoms in total. The first kappa shape index (κ1) is 32.5. The number of aromatic nitrogens is 4. The van der Waals surface area contributed by atoms with Gasteiger partial charge in [-0.1, -0.05) is 6.08 Å². The Hall–Kier alpha value is -5.48. The third-order valence-electron chi connectivity index (χ3n) is 8.77. The molecule has 0 spiro atoms. The SMILES string of the molecule is [C-]#[N+]C1(C(=O)N2CCC(n3cc(-c4cnc5ccc(Nc6cc(OC)cc(OC)c6)cc5n4)cn3)CC2)CN(C(=O)/C=C/CN(C)C)C1. The van der Waals surface area contributed by atoms with E-state index in [0.29, 0.717) is 49.7 Å². The van der Waals surface area contributed by atoms with Crippen LogP contribution in [0.4, 0.5) is 11.4 Å². The number of anilines is 2. The molecule has 0 unspecified atom stereocenters. The predicted octanol–water partition coefficient (Wildman–Crippen LogP) is 4.04. The van der Waals surface area contributed by atoms with Crippen LogP contribution >= 0.6 is 0 Å². The molecule has 0 atom stereocenters. The summed E-state index contributed by atoms with van der Waals surface area (Å²) >= 11 is 0. The van der Waals surface area contributed by atoms with Crippen LogP contribution in [0.1, 0.15) is 18.9 Å². The second-order valence-corrected chi connectivity index (χ2v) is 12.4. The predicted molar refractivity (Wildman–Crippen MR) is 182 cm³/mol. The summed E-state index contributed by atoms with van der Waals surface area (Å²) in [4.78, 5) is 44.4. The number of likely N-dealkylation sites (N-methyl/N-ethyl adjacent to an activating group) is 1. The van der Waals surface area contributed by atoms with Crippen LogP contribution in [0.2, 0.25) is 0 Å². The van der Waals surface area contributed by atoms with Gasteiger partial charge in [-0.25, -0.2) is 11.6 Å². The number of carbonyl (C=O) groups is 2. The second kappa shape index (κ2) is 13.7.